The standard InChI is InChI=1S/C27H34Cl2F4N4O4/c1-5-26(30,6-2)15-37(14-20(38)21-18(28)12-35-13-19(21)29)23(39)17(11-34)22(27(31,32)33)36-16-7-9-25(3,10-8-16)24(40)41-4/h11-13,16,34,36H,5-10,14-15H2,1-4H3/b22-17+,34-11?/t16-,25-. The van der Waals surface area contributed by atoms with E-state index in [1.165, 1.54) is 21.0 Å². The molecule has 14 heteroatoms. The number of nitrogens with zero attached hydrogens (tertiary/aromatic N) is 2. The number of nitrogens with one attached hydrogen (secondary N) is 2. The van der Waals surface area contributed by atoms with Gasteiger partial charge in [-0.3, -0.25) is 19.4 Å². The maximum absolute atomic E-state index is 15.5. The number of alkyl halides is 4. The molecular formula is C27H34Cl2F4N4O4. The number of ketones is 1. The van der Waals surface area contributed by atoms with Crippen molar-refractivity contribution in [3.05, 3.63) is 39.3 Å². The Morgan fingerprint density at radius 2 is 1.68 bits per heavy atom. The first-order valence-electron chi connectivity index (χ1n) is 13.0. The van der Waals surface area contributed by atoms with E-state index >= 15 is 4.39 Å². The lowest BCUT2D eigenvalue weighted by Gasteiger charge is -2.36. The number of rotatable bonds is 12. The molecule has 1 aliphatic carbocycles. The first kappa shape index (κ1) is 34.5. The fourth-order valence-corrected chi connectivity index (χ4v) is 5.30. The summed E-state index contributed by atoms with van der Waals surface area (Å²) < 4.78 is 63.3. The van der Waals surface area contributed by atoms with Crippen LogP contribution in [0, 0.1) is 10.8 Å². The Kier molecular flexibility index (Phi) is 11.7. The number of hydrogen-bond acceptors (Lipinski definition) is 7. The van der Waals surface area contributed by atoms with E-state index in [-0.39, 0.29) is 60.3 Å². The Labute approximate surface area is 246 Å². The molecule has 228 valence electrons. The topological polar surface area (TPSA) is 112 Å². The zero-order chi connectivity index (χ0) is 31.2. The molecule has 0 atom stereocenters. The summed E-state index contributed by atoms with van der Waals surface area (Å²) in [5, 5.41) is 9.78. The molecule has 0 spiro atoms. The van der Waals surface area contributed by atoms with Gasteiger partial charge in [0.05, 0.1) is 46.8 Å². The highest BCUT2D eigenvalue weighted by molar-refractivity contribution is 6.39. The highest BCUT2D eigenvalue weighted by atomic mass is 35.5. The van der Waals surface area contributed by atoms with E-state index in [9.17, 15) is 27.6 Å². The second-order valence-corrected chi connectivity index (χ2v) is 11.1. The van der Waals surface area contributed by atoms with Crippen molar-refractivity contribution in [2.24, 2.45) is 5.41 Å². The van der Waals surface area contributed by atoms with Crippen LogP contribution in [0.4, 0.5) is 17.6 Å². The lowest BCUT2D eigenvalue weighted by Crippen LogP contribution is -2.48. The van der Waals surface area contributed by atoms with Gasteiger partial charge in [-0.25, -0.2) is 4.39 Å². The van der Waals surface area contributed by atoms with Crippen LogP contribution in [-0.2, 0) is 14.3 Å². The van der Waals surface area contributed by atoms with Gasteiger partial charge >= 0.3 is 12.1 Å². The highest BCUT2D eigenvalue weighted by Crippen LogP contribution is 2.38. The Bertz CT molecular complexity index is 1160. The fraction of sp³-hybridized carbons (Fsp3) is 0.593. The van der Waals surface area contributed by atoms with Crippen molar-refractivity contribution in [2.75, 3.05) is 20.2 Å². The molecule has 1 amide bonds. The normalized spacial score (nSPS) is 20.1. The van der Waals surface area contributed by atoms with Crippen molar-refractivity contribution in [3.63, 3.8) is 0 Å². The quantitative estimate of drug-likeness (QED) is 0.0954. The van der Waals surface area contributed by atoms with Crippen molar-refractivity contribution in [1.82, 2.24) is 15.2 Å². The van der Waals surface area contributed by atoms with Crippen molar-refractivity contribution >= 4 is 47.1 Å². The Morgan fingerprint density at radius 1 is 1.15 bits per heavy atom. The molecule has 0 radical (unpaired) electrons. The van der Waals surface area contributed by atoms with Crippen LogP contribution in [-0.4, -0.2) is 71.8 Å². The molecule has 0 aliphatic heterocycles. The molecule has 1 aromatic rings. The first-order chi connectivity index (χ1) is 19.1. The molecule has 2 rings (SSSR count). The van der Waals surface area contributed by atoms with Gasteiger partial charge in [0.2, 0.25) is 0 Å². The van der Waals surface area contributed by atoms with Crippen LogP contribution in [0.25, 0.3) is 0 Å². The minimum atomic E-state index is -5.10. The predicted octanol–water partition coefficient (Wildman–Crippen LogP) is 6.11. The second kappa shape index (κ2) is 14.0. The predicted molar refractivity (Wildman–Crippen MR) is 147 cm³/mol. The number of pyridine rings is 1. The largest absolute Gasteiger partial charge is 0.469 e. The van der Waals surface area contributed by atoms with Crippen LogP contribution < -0.4 is 5.32 Å². The number of amides is 1. The van der Waals surface area contributed by atoms with Crippen molar-refractivity contribution in [3.8, 4) is 0 Å². The van der Waals surface area contributed by atoms with Gasteiger partial charge in [0, 0.05) is 24.7 Å². The molecule has 0 unspecified atom stereocenters. The fourth-order valence-electron chi connectivity index (χ4n) is 4.72. The Hall–Kier alpha value is -2.73. The molecular weight excluding hydrogens is 591 g/mol. The Balaban J connectivity index is 2.49. The van der Waals surface area contributed by atoms with Crippen molar-refractivity contribution in [2.45, 2.75) is 77.2 Å². The van der Waals surface area contributed by atoms with E-state index in [1.807, 2.05) is 0 Å². The maximum atomic E-state index is 15.5. The summed E-state index contributed by atoms with van der Waals surface area (Å²) in [5.74, 6) is -2.67. The molecule has 0 saturated heterocycles. The number of methoxy groups -OCH3 is 1. The summed E-state index contributed by atoms with van der Waals surface area (Å²) in [6.07, 6.45) is -1.98. The van der Waals surface area contributed by atoms with Crippen LogP contribution in [0.3, 0.4) is 0 Å². The maximum Gasteiger partial charge on any atom is 0.431 e. The van der Waals surface area contributed by atoms with Gasteiger partial charge in [0.1, 0.15) is 11.4 Å². The summed E-state index contributed by atoms with van der Waals surface area (Å²) in [7, 11) is 1.24. The summed E-state index contributed by atoms with van der Waals surface area (Å²) in [4.78, 5) is 43.2. The molecule has 0 bridgehead atoms. The number of halogens is 6. The number of esters is 1. The van der Waals surface area contributed by atoms with Gasteiger partial charge in [-0.2, -0.15) is 13.2 Å². The molecule has 1 aromatic heterocycles. The van der Waals surface area contributed by atoms with Gasteiger partial charge in [0.15, 0.2) is 5.78 Å². The minimum absolute atomic E-state index is 0.0900. The number of hydrogen-bond donors (Lipinski definition) is 2. The molecule has 1 heterocycles. The van der Waals surface area contributed by atoms with E-state index in [0.29, 0.717) is 4.90 Å². The first-order valence-corrected chi connectivity index (χ1v) is 13.8. The lowest BCUT2D eigenvalue weighted by molar-refractivity contribution is -0.154. The van der Waals surface area contributed by atoms with Crippen molar-refractivity contribution in [1.29, 1.82) is 5.41 Å². The molecule has 1 saturated carbocycles. The average Bonchev–Trinajstić information content (AvgIpc) is 2.92. The van der Waals surface area contributed by atoms with Gasteiger partial charge in [0.25, 0.3) is 5.91 Å². The second-order valence-electron chi connectivity index (χ2n) is 10.3. The lowest BCUT2D eigenvalue weighted by atomic mass is 9.74. The van der Waals surface area contributed by atoms with Crippen LogP contribution >= 0.6 is 23.2 Å². The number of carbonyl (C=O) groups is 3. The number of aromatic nitrogens is 1. The van der Waals surface area contributed by atoms with Gasteiger partial charge in [-0.05, 0) is 45.4 Å². The smallest absolute Gasteiger partial charge is 0.431 e. The summed E-state index contributed by atoms with van der Waals surface area (Å²) in [6, 6.07) is -0.775. The zero-order valence-electron chi connectivity index (χ0n) is 23.3. The zero-order valence-corrected chi connectivity index (χ0v) is 24.8. The number of Topliss-reactive ketones (excluding diaryl/α,β-unsaturated/α-hetero) is 1. The molecule has 1 fully saturated rings. The van der Waals surface area contributed by atoms with Gasteiger partial charge in [-0.1, -0.05) is 37.0 Å². The van der Waals surface area contributed by atoms with E-state index in [2.05, 4.69) is 10.3 Å². The Morgan fingerprint density at radius 3 is 2.12 bits per heavy atom. The number of ether oxygens (including phenoxy) is 1. The number of carbonyl (C=O) groups excluding carboxylic acids is 3. The highest BCUT2D eigenvalue weighted by Gasteiger charge is 2.44. The average molecular weight is 625 g/mol. The molecule has 8 nitrogen and oxygen atoms in total. The van der Waals surface area contributed by atoms with Crippen molar-refractivity contribution < 1.29 is 36.7 Å². The minimum Gasteiger partial charge on any atom is -0.469 e. The van der Waals surface area contributed by atoms with Crippen LogP contribution in [0.5, 0.6) is 0 Å². The number of allylic oxidation sites excluding steroid dienone is 1. The van der Waals surface area contributed by atoms with Gasteiger partial charge < -0.3 is 20.4 Å². The molecule has 41 heavy (non-hydrogen) atoms. The molecule has 2 N–H and O–H groups in total. The van der Waals surface area contributed by atoms with E-state index in [1.54, 1.807) is 6.92 Å². The molecule has 0 aromatic carbocycles. The van der Waals surface area contributed by atoms with E-state index in [4.69, 9.17) is 33.3 Å². The third kappa shape index (κ3) is 8.41. The van der Waals surface area contributed by atoms with Crippen LogP contribution in [0.15, 0.2) is 23.7 Å². The summed E-state index contributed by atoms with van der Waals surface area (Å²) in [5.41, 5.74) is -5.68. The third-order valence-electron chi connectivity index (χ3n) is 7.54. The third-order valence-corrected chi connectivity index (χ3v) is 8.11. The van der Waals surface area contributed by atoms with E-state index in [0.717, 1.165) is 12.4 Å². The molecule has 1 aliphatic rings. The summed E-state index contributed by atoms with van der Waals surface area (Å²) in [6.45, 7) is 3.12. The van der Waals surface area contributed by atoms with E-state index < -0.39 is 65.3 Å². The monoisotopic (exact) mass is 624 g/mol. The summed E-state index contributed by atoms with van der Waals surface area (Å²) >= 11 is 12.1. The van der Waals surface area contributed by atoms with Gasteiger partial charge in [-0.15, -0.1) is 0 Å². The SMILES string of the molecule is CCC(F)(CC)CN(CC(=O)c1c(Cl)cncc1Cl)C(=O)/C(C=N)=C(/N[C@H]1CC[C@](C)(C(=O)OC)CC1)C(F)(F)F. The van der Waals surface area contributed by atoms with Crippen LogP contribution in [0.2, 0.25) is 10.0 Å². The van der Waals surface area contributed by atoms with Crippen LogP contribution in [0.1, 0.15) is 69.7 Å².